The molecular weight excluding hydrogens is 292 g/mol. The number of thioether (sulfide) groups is 1. The molecule has 22 heavy (non-hydrogen) atoms. The molecule has 3 nitrogen and oxygen atoms in total. The summed E-state index contributed by atoms with van der Waals surface area (Å²) in [6.07, 6.45) is 1.21. The molecule has 0 unspecified atom stereocenters. The van der Waals surface area contributed by atoms with Crippen LogP contribution in [-0.4, -0.2) is 14.7 Å². The van der Waals surface area contributed by atoms with Crippen LogP contribution in [0.25, 0.3) is 15.9 Å². The van der Waals surface area contributed by atoms with Gasteiger partial charge in [-0.3, -0.25) is 4.57 Å². The van der Waals surface area contributed by atoms with Crippen LogP contribution < -0.4 is 0 Å². The minimum atomic E-state index is -0.682. The maximum absolute atomic E-state index is 10.6. The number of aliphatic hydroxyl groups excluding tert-OH is 1. The van der Waals surface area contributed by atoms with E-state index in [1.807, 2.05) is 28.8 Å². The zero-order chi connectivity index (χ0) is 15.3. The van der Waals surface area contributed by atoms with Gasteiger partial charge in [0.1, 0.15) is 0 Å². The Kier molecular flexibility index (Phi) is 3.10. The number of aromatic nitrogens is 2. The fourth-order valence-electron chi connectivity index (χ4n) is 2.76. The van der Waals surface area contributed by atoms with Crippen LogP contribution in [0.4, 0.5) is 0 Å². The molecule has 0 bridgehead atoms. The first-order valence-corrected chi connectivity index (χ1v) is 8.07. The van der Waals surface area contributed by atoms with Crippen LogP contribution in [0.2, 0.25) is 0 Å². The smallest absolute Gasteiger partial charge is 0.176 e. The van der Waals surface area contributed by atoms with Gasteiger partial charge >= 0.3 is 0 Å². The maximum Gasteiger partial charge on any atom is 0.176 e. The van der Waals surface area contributed by atoms with Gasteiger partial charge in [-0.05, 0) is 48.7 Å². The Morgan fingerprint density at radius 2 is 1.82 bits per heavy atom. The van der Waals surface area contributed by atoms with Crippen LogP contribution in [0.5, 0.6) is 0 Å². The van der Waals surface area contributed by atoms with Gasteiger partial charge in [0.2, 0.25) is 0 Å². The largest absolute Gasteiger partial charge is 0.369 e. The van der Waals surface area contributed by atoms with E-state index in [0.717, 1.165) is 26.7 Å². The van der Waals surface area contributed by atoms with Crippen molar-refractivity contribution in [1.29, 1.82) is 0 Å². The van der Waals surface area contributed by atoms with E-state index < -0.39 is 6.23 Å². The normalized spacial score (nSPS) is 17.4. The third kappa shape index (κ3) is 2.07. The molecular formula is C18H16N2OS. The molecule has 4 heteroatoms. The highest BCUT2D eigenvalue weighted by molar-refractivity contribution is 8.08. The quantitative estimate of drug-likeness (QED) is 0.728. The number of aliphatic hydroxyl groups is 1. The molecule has 0 amide bonds. The summed E-state index contributed by atoms with van der Waals surface area (Å²) in [5.41, 5.74) is 5.47. The van der Waals surface area contributed by atoms with Crippen molar-refractivity contribution < 1.29 is 5.11 Å². The van der Waals surface area contributed by atoms with Crippen LogP contribution in [0.15, 0.2) is 53.7 Å². The van der Waals surface area contributed by atoms with Gasteiger partial charge in [-0.2, -0.15) is 0 Å². The molecule has 4 rings (SSSR count). The molecule has 0 saturated heterocycles. The zero-order valence-electron chi connectivity index (χ0n) is 12.4. The van der Waals surface area contributed by atoms with Gasteiger partial charge in [0, 0.05) is 4.91 Å². The standard InChI is InChI=1S/C18H16N2OS/c1-11-8-14-15(9-12(11)2)20-17(21)10-16(22-18(20)19-14)13-6-4-3-5-7-13/h3-10,17,21H,1-2H3/t17-/m1/s1. The molecule has 2 heterocycles. The number of hydrogen-bond acceptors (Lipinski definition) is 3. The number of nitrogens with zero attached hydrogens (tertiary/aromatic N) is 2. The molecule has 0 saturated carbocycles. The summed E-state index contributed by atoms with van der Waals surface area (Å²) in [5.74, 6) is 0. The molecule has 1 aliphatic heterocycles. The number of aryl methyl sites for hydroxylation is 2. The molecule has 1 atom stereocenters. The molecule has 110 valence electrons. The van der Waals surface area contributed by atoms with Crippen molar-refractivity contribution in [2.75, 3.05) is 0 Å². The van der Waals surface area contributed by atoms with Gasteiger partial charge in [-0.15, -0.1) is 0 Å². The van der Waals surface area contributed by atoms with E-state index in [2.05, 4.69) is 38.1 Å². The average molecular weight is 308 g/mol. The minimum absolute atomic E-state index is 0.682. The topological polar surface area (TPSA) is 38.0 Å². The van der Waals surface area contributed by atoms with Crippen molar-refractivity contribution in [2.45, 2.75) is 25.2 Å². The lowest BCUT2D eigenvalue weighted by Crippen LogP contribution is -2.10. The van der Waals surface area contributed by atoms with E-state index in [-0.39, 0.29) is 0 Å². The van der Waals surface area contributed by atoms with Crippen molar-refractivity contribution in [3.05, 3.63) is 65.2 Å². The highest BCUT2D eigenvalue weighted by Crippen LogP contribution is 2.42. The van der Waals surface area contributed by atoms with Gasteiger partial charge in [0.15, 0.2) is 11.4 Å². The molecule has 1 N–H and O–H groups in total. The third-order valence-corrected chi connectivity index (χ3v) is 5.16. The summed E-state index contributed by atoms with van der Waals surface area (Å²) in [6.45, 7) is 4.17. The molecule has 0 radical (unpaired) electrons. The fraction of sp³-hybridized carbons (Fsp3) is 0.167. The molecule has 0 spiro atoms. The van der Waals surface area contributed by atoms with E-state index in [1.165, 1.54) is 11.1 Å². The molecule has 3 aromatic rings. The summed E-state index contributed by atoms with van der Waals surface area (Å²) in [6, 6.07) is 14.3. The predicted molar refractivity (Wildman–Crippen MR) is 90.7 cm³/mol. The summed E-state index contributed by atoms with van der Waals surface area (Å²) in [4.78, 5) is 5.75. The fourth-order valence-corrected chi connectivity index (χ4v) is 3.84. The summed E-state index contributed by atoms with van der Waals surface area (Å²) < 4.78 is 1.90. The first kappa shape index (κ1) is 13.6. The van der Waals surface area contributed by atoms with Crippen LogP contribution in [0, 0.1) is 13.8 Å². The summed E-state index contributed by atoms with van der Waals surface area (Å²) in [5, 5.41) is 11.4. The maximum atomic E-state index is 10.6. The molecule has 0 aliphatic carbocycles. The lowest BCUT2D eigenvalue weighted by atomic mass is 10.1. The van der Waals surface area contributed by atoms with Crippen LogP contribution >= 0.6 is 11.8 Å². The number of hydrogen-bond donors (Lipinski definition) is 1. The summed E-state index contributed by atoms with van der Waals surface area (Å²) >= 11 is 1.60. The third-order valence-electron chi connectivity index (χ3n) is 4.10. The first-order chi connectivity index (χ1) is 10.6. The first-order valence-electron chi connectivity index (χ1n) is 7.26. The lowest BCUT2D eigenvalue weighted by Gasteiger charge is -2.20. The Balaban J connectivity index is 1.86. The molecule has 0 fully saturated rings. The Bertz CT molecular complexity index is 896. The van der Waals surface area contributed by atoms with E-state index in [4.69, 9.17) is 4.98 Å². The second-order valence-electron chi connectivity index (χ2n) is 5.60. The monoisotopic (exact) mass is 308 g/mol. The van der Waals surface area contributed by atoms with E-state index in [9.17, 15) is 5.11 Å². The van der Waals surface area contributed by atoms with Crippen molar-refractivity contribution in [3.63, 3.8) is 0 Å². The summed E-state index contributed by atoms with van der Waals surface area (Å²) in [7, 11) is 0. The second-order valence-corrected chi connectivity index (χ2v) is 6.61. The van der Waals surface area contributed by atoms with Crippen LogP contribution in [0.3, 0.4) is 0 Å². The number of benzene rings is 2. The Morgan fingerprint density at radius 1 is 1.09 bits per heavy atom. The molecule has 1 aromatic heterocycles. The Morgan fingerprint density at radius 3 is 2.59 bits per heavy atom. The molecule has 1 aliphatic rings. The Hall–Kier alpha value is -2.04. The lowest BCUT2D eigenvalue weighted by molar-refractivity contribution is 0.149. The van der Waals surface area contributed by atoms with Gasteiger partial charge in [-0.25, -0.2) is 4.98 Å². The second kappa shape index (κ2) is 5.00. The van der Waals surface area contributed by atoms with Crippen molar-refractivity contribution in [1.82, 2.24) is 9.55 Å². The highest BCUT2D eigenvalue weighted by Gasteiger charge is 2.23. The van der Waals surface area contributed by atoms with Gasteiger partial charge in [-0.1, -0.05) is 42.1 Å². The van der Waals surface area contributed by atoms with Crippen molar-refractivity contribution >= 4 is 27.7 Å². The Labute approximate surface area is 133 Å². The van der Waals surface area contributed by atoms with Crippen molar-refractivity contribution in [3.8, 4) is 0 Å². The number of imidazole rings is 1. The minimum Gasteiger partial charge on any atom is -0.369 e. The highest BCUT2D eigenvalue weighted by atomic mass is 32.2. The zero-order valence-corrected chi connectivity index (χ0v) is 13.3. The van der Waals surface area contributed by atoms with Crippen molar-refractivity contribution in [2.24, 2.45) is 0 Å². The van der Waals surface area contributed by atoms with E-state index in [1.54, 1.807) is 11.8 Å². The van der Waals surface area contributed by atoms with Gasteiger partial charge in [0.25, 0.3) is 0 Å². The average Bonchev–Trinajstić information content (AvgIpc) is 2.86. The van der Waals surface area contributed by atoms with Crippen LogP contribution in [-0.2, 0) is 0 Å². The van der Waals surface area contributed by atoms with Gasteiger partial charge < -0.3 is 5.11 Å². The van der Waals surface area contributed by atoms with E-state index in [0.29, 0.717) is 0 Å². The van der Waals surface area contributed by atoms with Crippen LogP contribution in [0.1, 0.15) is 22.9 Å². The predicted octanol–water partition coefficient (Wildman–Crippen LogP) is 4.29. The SMILES string of the molecule is Cc1cc2nc3n(c2cc1C)[C@H](O)C=C(c1ccccc1)S3. The number of fused-ring (bicyclic) bond motifs is 3. The van der Waals surface area contributed by atoms with Gasteiger partial charge in [0.05, 0.1) is 11.0 Å². The molecule has 2 aromatic carbocycles. The van der Waals surface area contributed by atoms with E-state index >= 15 is 0 Å². The number of rotatable bonds is 1.